The number of aromatic nitrogens is 1. The highest BCUT2D eigenvalue weighted by Crippen LogP contribution is 2.41. The molecule has 3 aromatic carbocycles. The van der Waals surface area contributed by atoms with Crippen molar-refractivity contribution in [2.24, 2.45) is 0 Å². The van der Waals surface area contributed by atoms with Gasteiger partial charge in [0.25, 0.3) is 0 Å². The summed E-state index contributed by atoms with van der Waals surface area (Å²) in [6.45, 7) is 4.77. The number of ether oxygens (including phenoxy) is 2. The van der Waals surface area contributed by atoms with Crippen LogP contribution in [0.4, 0.5) is 0 Å². The highest BCUT2D eigenvalue weighted by atomic mass is 16.5. The number of carbonyl (C=O) groups excluding carboxylic acids is 1. The first-order valence-electron chi connectivity index (χ1n) is 11.3. The molecule has 1 N–H and O–H groups in total. The van der Waals surface area contributed by atoms with E-state index in [0.29, 0.717) is 25.1 Å². The fourth-order valence-corrected chi connectivity index (χ4v) is 5.31. The molecule has 0 bridgehead atoms. The molecule has 0 radical (unpaired) electrons. The van der Waals surface area contributed by atoms with Crippen molar-refractivity contribution >= 4 is 27.5 Å². The smallest absolute Gasteiger partial charge is 0.208 e. The number of fused-ring (bicyclic) bond motifs is 1. The maximum atomic E-state index is 14.4. The number of ketones is 1. The second-order valence-corrected chi connectivity index (χ2v) is 8.92. The van der Waals surface area contributed by atoms with Crippen LogP contribution in [0.1, 0.15) is 22.5 Å². The number of benzene rings is 3. The van der Waals surface area contributed by atoms with Gasteiger partial charge in [-0.1, -0.05) is 54.6 Å². The summed E-state index contributed by atoms with van der Waals surface area (Å²) in [5.41, 5.74) is 1.86. The molecule has 6 rings (SSSR count). The highest BCUT2D eigenvalue weighted by molar-refractivity contribution is 6.12. The Labute approximate surface area is 186 Å². The van der Waals surface area contributed by atoms with Crippen LogP contribution >= 0.6 is 0 Å². The van der Waals surface area contributed by atoms with Crippen molar-refractivity contribution in [1.29, 1.82) is 0 Å². The van der Waals surface area contributed by atoms with Gasteiger partial charge >= 0.3 is 0 Å². The number of rotatable bonds is 4. The zero-order chi connectivity index (χ0) is 21.7. The van der Waals surface area contributed by atoms with E-state index in [1.807, 2.05) is 54.6 Å². The molecule has 0 aliphatic carbocycles. The van der Waals surface area contributed by atoms with E-state index in [1.54, 1.807) is 0 Å². The Morgan fingerprint density at radius 2 is 1.91 bits per heavy atom. The van der Waals surface area contributed by atoms with E-state index in [2.05, 4.69) is 28.9 Å². The van der Waals surface area contributed by atoms with E-state index < -0.39 is 5.60 Å². The van der Waals surface area contributed by atoms with Crippen molar-refractivity contribution in [3.05, 3.63) is 78.0 Å². The molecule has 0 spiro atoms. The fourth-order valence-electron chi connectivity index (χ4n) is 5.31. The van der Waals surface area contributed by atoms with E-state index in [4.69, 9.17) is 9.47 Å². The van der Waals surface area contributed by atoms with Crippen molar-refractivity contribution in [2.45, 2.75) is 31.6 Å². The third-order valence-electron chi connectivity index (χ3n) is 6.82. The summed E-state index contributed by atoms with van der Waals surface area (Å²) in [7, 11) is 0. The minimum Gasteiger partial charge on any atom is -0.475 e. The van der Waals surface area contributed by atoms with Crippen molar-refractivity contribution < 1.29 is 14.3 Å². The number of aryl methyl sites for hydroxylation is 1. The van der Waals surface area contributed by atoms with Crippen LogP contribution in [0, 0.1) is 6.92 Å². The maximum absolute atomic E-state index is 14.4. The molecule has 162 valence electrons. The topological polar surface area (TPSA) is 52.5 Å². The van der Waals surface area contributed by atoms with Gasteiger partial charge in [-0.2, -0.15) is 0 Å². The first-order chi connectivity index (χ1) is 15.6. The Morgan fingerprint density at radius 1 is 1.09 bits per heavy atom. The third kappa shape index (κ3) is 3.04. The molecule has 1 unspecified atom stereocenters. The normalized spacial score (nSPS) is 22.7. The monoisotopic (exact) mass is 426 g/mol. The molecule has 0 saturated carbocycles. The summed E-state index contributed by atoms with van der Waals surface area (Å²) in [5.74, 6) is 0.776. The van der Waals surface area contributed by atoms with Gasteiger partial charge in [-0.05, 0) is 29.8 Å². The van der Waals surface area contributed by atoms with E-state index in [0.717, 1.165) is 46.2 Å². The summed E-state index contributed by atoms with van der Waals surface area (Å²) in [6.07, 6.45) is 0.412. The number of nitrogens with one attached hydrogen (secondary N) is 1. The number of morpholine rings is 1. The van der Waals surface area contributed by atoms with Crippen LogP contribution in [-0.2, 0) is 11.3 Å². The molecule has 2 atom stereocenters. The van der Waals surface area contributed by atoms with E-state index in [-0.39, 0.29) is 11.9 Å². The summed E-state index contributed by atoms with van der Waals surface area (Å²) < 4.78 is 15.0. The van der Waals surface area contributed by atoms with Gasteiger partial charge in [-0.15, -0.1) is 0 Å². The van der Waals surface area contributed by atoms with Crippen LogP contribution in [-0.4, -0.2) is 41.8 Å². The molecular weight excluding hydrogens is 400 g/mol. The first kappa shape index (κ1) is 19.5. The molecule has 2 aliphatic rings. The maximum Gasteiger partial charge on any atom is 0.208 e. The van der Waals surface area contributed by atoms with Gasteiger partial charge in [0.1, 0.15) is 5.75 Å². The minimum atomic E-state index is -1.04. The Morgan fingerprint density at radius 3 is 2.78 bits per heavy atom. The van der Waals surface area contributed by atoms with Crippen LogP contribution in [0.5, 0.6) is 5.75 Å². The van der Waals surface area contributed by atoms with Crippen LogP contribution in [0.3, 0.4) is 0 Å². The second kappa shape index (κ2) is 7.47. The minimum absolute atomic E-state index is 0.0132. The molecule has 0 amide bonds. The van der Waals surface area contributed by atoms with Gasteiger partial charge in [0.05, 0.1) is 24.8 Å². The summed E-state index contributed by atoms with van der Waals surface area (Å²) in [6, 6.07) is 22.2. The Bertz CT molecular complexity index is 1330. The average Bonchev–Trinajstić information content (AvgIpc) is 3.15. The van der Waals surface area contributed by atoms with E-state index >= 15 is 0 Å². The van der Waals surface area contributed by atoms with Gasteiger partial charge in [0, 0.05) is 36.2 Å². The number of hydrogen-bond acceptors (Lipinski definition) is 4. The lowest BCUT2D eigenvalue weighted by Crippen LogP contribution is -2.55. The zero-order valence-corrected chi connectivity index (χ0v) is 18.1. The predicted octanol–water partition coefficient (Wildman–Crippen LogP) is 4.50. The van der Waals surface area contributed by atoms with Crippen LogP contribution in [0.2, 0.25) is 0 Å². The largest absolute Gasteiger partial charge is 0.475 e. The standard InChI is InChI=1S/C27H26N2O3/c1-18-14-20-8-5-11-24-25(20)29(18)17-27(32-24,15-21-16-28-12-13-31-21)26(30)23-10-4-7-19-6-2-3-9-22(19)23/h2-11,14,21,28H,12-13,15-17H2,1H3/t21?,27-/m1/s1. The Kier molecular flexibility index (Phi) is 4.56. The van der Waals surface area contributed by atoms with Gasteiger partial charge < -0.3 is 19.4 Å². The van der Waals surface area contributed by atoms with Crippen LogP contribution < -0.4 is 10.1 Å². The molecule has 1 saturated heterocycles. The first-order valence-corrected chi connectivity index (χ1v) is 11.3. The van der Waals surface area contributed by atoms with E-state index in [1.165, 1.54) is 0 Å². The number of hydrogen-bond donors (Lipinski definition) is 1. The molecule has 5 nitrogen and oxygen atoms in total. The molecule has 1 aromatic heterocycles. The van der Waals surface area contributed by atoms with Crippen LogP contribution in [0.15, 0.2) is 66.7 Å². The predicted molar refractivity (Wildman–Crippen MR) is 126 cm³/mol. The number of carbonyl (C=O) groups is 1. The lowest BCUT2D eigenvalue weighted by atomic mass is 9.84. The molecule has 3 heterocycles. The van der Waals surface area contributed by atoms with Gasteiger partial charge in [0.2, 0.25) is 5.78 Å². The number of para-hydroxylation sites is 1. The fraction of sp³-hybridized carbons (Fsp3) is 0.296. The molecule has 1 fully saturated rings. The van der Waals surface area contributed by atoms with Crippen molar-refractivity contribution in [2.75, 3.05) is 19.7 Å². The molecule has 32 heavy (non-hydrogen) atoms. The van der Waals surface area contributed by atoms with Crippen LogP contribution in [0.25, 0.3) is 21.7 Å². The zero-order valence-electron chi connectivity index (χ0n) is 18.1. The number of nitrogens with zero attached hydrogens (tertiary/aromatic N) is 1. The van der Waals surface area contributed by atoms with Crippen molar-refractivity contribution in [3.63, 3.8) is 0 Å². The molecule has 4 aromatic rings. The molecule has 2 aliphatic heterocycles. The van der Waals surface area contributed by atoms with Crippen molar-refractivity contribution in [1.82, 2.24) is 9.88 Å². The Hall–Kier alpha value is -3.15. The average molecular weight is 427 g/mol. The summed E-state index contributed by atoms with van der Waals surface area (Å²) >= 11 is 0. The molecular formula is C27H26N2O3. The van der Waals surface area contributed by atoms with Gasteiger partial charge in [-0.3, -0.25) is 4.79 Å². The Balaban J connectivity index is 1.51. The summed E-state index contributed by atoms with van der Waals surface area (Å²) in [5, 5.41) is 6.55. The second-order valence-electron chi connectivity index (χ2n) is 8.92. The third-order valence-corrected chi connectivity index (χ3v) is 6.82. The quantitative estimate of drug-likeness (QED) is 0.489. The van der Waals surface area contributed by atoms with Gasteiger partial charge in [-0.25, -0.2) is 0 Å². The van der Waals surface area contributed by atoms with Crippen molar-refractivity contribution in [3.8, 4) is 5.75 Å². The van der Waals surface area contributed by atoms with E-state index in [9.17, 15) is 4.79 Å². The molecule has 5 heteroatoms. The highest BCUT2D eigenvalue weighted by Gasteiger charge is 2.47. The number of Topliss-reactive ketones (excluding diaryl/α,β-unsaturated/α-hetero) is 1. The lowest BCUT2D eigenvalue weighted by Gasteiger charge is -2.40. The SMILES string of the molecule is Cc1cc2cccc3c2n1C[C@](CC1CNCCO1)(C(=O)c1cccc2ccccc12)O3. The van der Waals surface area contributed by atoms with Gasteiger partial charge in [0.15, 0.2) is 5.60 Å². The summed E-state index contributed by atoms with van der Waals surface area (Å²) in [4.78, 5) is 14.4. The lowest BCUT2D eigenvalue weighted by molar-refractivity contribution is -0.0350.